The molecule has 2 aromatic rings. The first-order chi connectivity index (χ1) is 7.27. The summed E-state index contributed by atoms with van der Waals surface area (Å²) in [4.78, 5) is 11.8. The Morgan fingerprint density at radius 2 is 2.33 bits per heavy atom. The van der Waals surface area contributed by atoms with Gasteiger partial charge in [0.25, 0.3) is 5.91 Å². The van der Waals surface area contributed by atoms with Crippen LogP contribution in [0.15, 0.2) is 17.5 Å². The van der Waals surface area contributed by atoms with Gasteiger partial charge in [-0.25, -0.2) is 0 Å². The Hall–Kier alpha value is -1.29. The zero-order valence-corrected chi connectivity index (χ0v) is 9.73. The summed E-state index contributed by atoms with van der Waals surface area (Å²) in [7, 11) is 0. The standard InChI is InChI=1S/C11H14N2OS/c1-3-12-11(14)9-7-10-8(5-6-15-10)13(9)4-2/h5-7H,3-4H2,1-2H3,(H,12,14). The van der Waals surface area contributed by atoms with Crippen molar-refractivity contribution in [3.63, 3.8) is 0 Å². The van der Waals surface area contributed by atoms with Crippen LogP contribution in [0.2, 0.25) is 0 Å². The lowest BCUT2D eigenvalue weighted by Gasteiger charge is -2.06. The molecule has 0 atom stereocenters. The van der Waals surface area contributed by atoms with Crippen molar-refractivity contribution in [2.24, 2.45) is 0 Å². The van der Waals surface area contributed by atoms with E-state index in [1.807, 2.05) is 13.0 Å². The molecule has 15 heavy (non-hydrogen) atoms. The Morgan fingerprint density at radius 1 is 1.53 bits per heavy atom. The van der Waals surface area contributed by atoms with Crippen molar-refractivity contribution in [2.45, 2.75) is 20.4 Å². The molecule has 80 valence electrons. The van der Waals surface area contributed by atoms with Crippen molar-refractivity contribution in [1.29, 1.82) is 0 Å². The fourth-order valence-corrected chi connectivity index (χ4v) is 2.58. The van der Waals surface area contributed by atoms with Crippen LogP contribution in [0.1, 0.15) is 24.3 Å². The third-order valence-corrected chi connectivity index (χ3v) is 3.26. The second-order valence-electron chi connectivity index (χ2n) is 3.30. The Labute approximate surface area is 92.7 Å². The summed E-state index contributed by atoms with van der Waals surface area (Å²) in [5.74, 6) is 0.0164. The fourth-order valence-electron chi connectivity index (χ4n) is 1.76. The topological polar surface area (TPSA) is 34.0 Å². The van der Waals surface area contributed by atoms with Gasteiger partial charge in [0.2, 0.25) is 0 Å². The molecule has 0 saturated carbocycles. The molecule has 0 bridgehead atoms. The molecule has 0 aromatic carbocycles. The minimum Gasteiger partial charge on any atom is -0.351 e. The minimum absolute atomic E-state index is 0.0164. The van der Waals surface area contributed by atoms with Crippen LogP contribution in [-0.2, 0) is 6.54 Å². The van der Waals surface area contributed by atoms with Crippen molar-refractivity contribution in [1.82, 2.24) is 9.88 Å². The van der Waals surface area contributed by atoms with Gasteiger partial charge >= 0.3 is 0 Å². The van der Waals surface area contributed by atoms with Gasteiger partial charge in [0.15, 0.2) is 0 Å². The van der Waals surface area contributed by atoms with Crippen LogP contribution >= 0.6 is 11.3 Å². The molecule has 2 heterocycles. The highest BCUT2D eigenvalue weighted by Crippen LogP contribution is 2.25. The second-order valence-corrected chi connectivity index (χ2v) is 4.25. The molecule has 2 rings (SSSR count). The van der Waals surface area contributed by atoms with E-state index >= 15 is 0 Å². The van der Waals surface area contributed by atoms with Crippen molar-refractivity contribution >= 4 is 27.5 Å². The lowest BCUT2D eigenvalue weighted by Crippen LogP contribution is -2.25. The monoisotopic (exact) mass is 222 g/mol. The normalized spacial score (nSPS) is 10.8. The van der Waals surface area contributed by atoms with Crippen LogP contribution in [0.4, 0.5) is 0 Å². The number of hydrogen-bond donors (Lipinski definition) is 1. The molecule has 0 saturated heterocycles. The summed E-state index contributed by atoms with van der Waals surface area (Å²) in [6.07, 6.45) is 0. The molecule has 2 aromatic heterocycles. The highest BCUT2D eigenvalue weighted by Gasteiger charge is 2.14. The number of amides is 1. The summed E-state index contributed by atoms with van der Waals surface area (Å²) >= 11 is 1.67. The minimum atomic E-state index is 0.0164. The van der Waals surface area contributed by atoms with Crippen molar-refractivity contribution in [3.8, 4) is 0 Å². The van der Waals surface area contributed by atoms with Crippen molar-refractivity contribution in [2.75, 3.05) is 6.54 Å². The number of aryl methyl sites for hydroxylation is 1. The zero-order valence-electron chi connectivity index (χ0n) is 8.91. The van der Waals surface area contributed by atoms with E-state index in [9.17, 15) is 4.79 Å². The maximum atomic E-state index is 11.8. The number of fused-ring (bicyclic) bond motifs is 1. The van der Waals surface area contributed by atoms with Crippen LogP contribution in [0.25, 0.3) is 10.2 Å². The molecular weight excluding hydrogens is 208 g/mol. The molecular formula is C11H14N2OS. The SMILES string of the molecule is CCNC(=O)c1cc2sccc2n1CC. The van der Waals surface area contributed by atoms with Gasteiger partial charge in [-0.1, -0.05) is 0 Å². The Balaban J connectivity index is 2.49. The number of carbonyl (C=O) groups excluding carboxylic acids is 1. The van der Waals surface area contributed by atoms with Gasteiger partial charge in [0.1, 0.15) is 5.69 Å². The number of thiophene rings is 1. The quantitative estimate of drug-likeness (QED) is 0.850. The first-order valence-electron chi connectivity index (χ1n) is 5.12. The first kappa shape index (κ1) is 10.2. The Bertz CT molecular complexity index is 484. The number of nitrogens with zero attached hydrogens (tertiary/aromatic N) is 1. The number of rotatable bonds is 3. The lowest BCUT2D eigenvalue weighted by molar-refractivity contribution is 0.0947. The number of hydrogen-bond acceptors (Lipinski definition) is 2. The Morgan fingerprint density at radius 3 is 3.00 bits per heavy atom. The van der Waals surface area contributed by atoms with E-state index in [1.165, 1.54) is 4.70 Å². The van der Waals surface area contributed by atoms with Gasteiger partial charge in [0.05, 0.1) is 10.2 Å². The predicted molar refractivity (Wildman–Crippen MR) is 63.5 cm³/mol. The molecule has 0 radical (unpaired) electrons. The fraction of sp³-hybridized carbons (Fsp3) is 0.364. The highest BCUT2D eigenvalue weighted by atomic mass is 32.1. The molecule has 0 fully saturated rings. The number of nitrogens with one attached hydrogen (secondary N) is 1. The molecule has 0 aliphatic heterocycles. The van der Waals surface area contributed by atoms with Crippen LogP contribution in [-0.4, -0.2) is 17.0 Å². The third-order valence-electron chi connectivity index (χ3n) is 2.41. The van der Waals surface area contributed by atoms with Gasteiger partial charge in [-0.15, -0.1) is 11.3 Å². The summed E-state index contributed by atoms with van der Waals surface area (Å²) in [5, 5.41) is 4.89. The van der Waals surface area contributed by atoms with Crippen LogP contribution < -0.4 is 5.32 Å². The van der Waals surface area contributed by atoms with E-state index in [0.717, 1.165) is 17.8 Å². The number of aromatic nitrogens is 1. The second kappa shape index (κ2) is 4.06. The molecule has 1 N–H and O–H groups in total. The average molecular weight is 222 g/mol. The van der Waals surface area contributed by atoms with Gasteiger partial charge in [0, 0.05) is 13.1 Å². The summed E-state index contributed by atoms with van der Waals surface area (Å²) < 4.78 is 3.23. The molecule has 0 unspecified atom stereocenters. The van der Waals surface area contributed by atoms with Crippen LogP contribution in [0.5, 0.6) is 0 Å². The first-order valence-corrected chi connectivity index (χ1v) is 6.00. The zero-order chi connectivity index (χ0) is 10.8. The summed E-state index contributed by atoms with van der Waals surface area (Å²) in [6, 6.07) is 4.03. The molecule has 0 aliphatic rings. The smallest absolute Gasteiger partial charge is 0.267 e. The van der Waals surface area contributed by atoms with E-state index in [4.69, 9.17) is 0 Å². The summed E-state index contributed by atoms with van der Waals surface area (Å²) in [6.45, 7) is 5.48. The van der Waals surface area contributed by atoms with Gasteiger partial charge in [-0.05, 0) is 31.4 Å². The van der Waals surface area contributed by atoms with Crippen LogP contribution in [0.3, 0.4) is 0 Å². The maximum absolute atomic E-state index is 11.8. The Kier molecular flexibility index (Phi) is 2.77. The van der Waals surface area contributed by atoms with Crippen molar-refractivity contribution in [3.05, 3.63) is 23.2 Å². The lowest BCUT2D eigenvalue weighted by atomic mass is 10.4. The van der Waals surface area contributed by atoms with E-state index in [1.54, 1.807) is 11.3 Å². The van der Waals surface area contributed by atoms with E-state index in [-0.39, 0.29) is 5.91 Å². The van der Waals surface area contributed by atoms with Gasteiger partial charge < -0.3 is 9.88 Å². The summed E-state index contributed by atoms with van der Waals surface area (Å²) in [5.41, 5.74) is 1.92. The van der Waals surface area contributed by atoms with Gasteiger partial charge in [-0.3, -0.25) is 4.79 Å². The third kappa shape index (κ3) is 1.65. The van der Waals surface area contributed by atoms with E-state index in [0.29, 0.717) is 6.54 Å². The molecule has 1 amide bonds. The average Bonchev–Trinajstić information content (AvgIpc) is 2.76. The predicted octanol–water partition coefficient (Wildman–Crippen LogP) is 2.47. The van der Waals surface area contributed by atoms with Gasteiger partial charge in [-0.2, -0.15) is 0 Å². The maximum Gasteiger partial charge on any atom is 0.267 e. The van der Waals surface area contributed by atoms with E-state index < -0.39 is 0 Å². The van der Waals surface area contributed by atoms with Crippen molar-refractivity contribution < 1.29 is 4.79 Å². The number of carbonyl (C=O) groups is 1. The largest absolute Gasteiger partial charge is 0.351 e. The highest BCUT2D eigenvalue weighted by molar-refractivity contribution is 7.17. The molecule has 3 nitrogen and oxygen atoms in total. The van der Waals surface area contributed by atoms with E-state index in [2.05, 4.69) is 28.3 Å². The van der Waals surface area contributed by atoms with Crippen LogP contribution in [0, 0.1) is 0 Å². The molecule has 0 aliphatic carbocycles. The molecule has 4 heteroatoms. The molecule has 0 spiro atoms.